The molecule has 0 saturated carbocycles. The zero-order chi connectivity index (χ0) is 13.9. The van der Waals surface area contributed by atoms with E-state index in [0.717, 1.165) is 0 Å². The van der Waals surface area contributed by atoms with Crippen LogP contribution in [0.25, 0.3) is 0 Å². The van der Waals surface area contributed by atoms with Gasteiger partial charge in [0.05, 0.1) is 0 Å². The molecule has 0 spiro atoms. The highest BCUT2D eigenvalue weighted by atomic mass is 31.2. The number of nitrogens with zero attached hydrogens (tertiary/aromatic N) is 1. The lowest BCUT2D eigenvalue weighted by molar-refractivity contribution is 0.282. The van der Waals surface area contributed by atoms with Gasteiger partial charge >= 0.3 is 7.60 Å². The van der Waals surface area contributed by atoms with Crippen LogP contribution in [0.2, 0.25) is 18.1 Å². The second-order valence-corrected chi connectivity index (χ2v) is 12.4. The third kappa shape index (κ3) is 4.21. The van der Waals surface area contributed by atoms with Crippen molar-refractivity contribution in [2.45, 2.75) is 45.8 Å². The Balaban J connectivity index is 4.92. The van der Waals surface area contributed by atoms with Gasteiger partial charge in [-0.2, -0.15) is 0 Å². The molecule has 0 aliphatic heterocycles. The van der Waals surface area contributed by atoms with E-state index < -0.39 is 15.9 Å². The number of rotatable bonds is 5. The van der Waals surface area contributed by atoms with Crippen LogP contribution in [0, 0.1) is 0 Å². The fourth-order valence-corrected chi connectivity index (χ4v) is 2.24. The fraction of sp³-hybridized carbons (Fsp3) is 0.900. The third-order valence-electron chi connectivity index (χ3n) is 3.09. The SMILES string of the molecule is COP(=O)(OC)/C(C)=N/O[Si](C)(C)C(C)(C)C. The van der Waals surface area contributed by atoms with Gasteiger partial charge in [-0.05, 0) is 25.1 Å². The smallest absolute Gasteiger partial charge is 0.377 e. The Morgan fingerprint density at radius 2 is 1.59 bits per heavy atom. The minimum Gasteiger partial charge on any atom is -0.454 e. The van der Waals surface area contributed by atoms with Gasteiger partial charge in [-0.1, -0.05) is 25.9 Å². The predicted octanol–water partition coefficient (Wildman–Crippen LogP) is 3.83. The van der Waals surface area contributed by atoms with Gasteiger partial charge in [-0.3, -0.25) is 4.57 Å². The molecule has 0 aromatic heterocycles. The molecule has 0 heterocycles. The second-order valence-electron chi connectivity index (χ2n) is 5.35. The largest absolute Gasteiger partial charge is 0.454 e. The van der Waals surface area contributed by atoms with Crippen molar-refractivity contribution >= 4 is 21.4 Å². The number of oxime groups is 1. The fourth-order valence-electron chi connectivity index (χ4n) is 0.706. The van der Waals surface area contributed by atoms with Crippen LogP contribution in [-0.2, 0) is 18.1 Å². The van der Waals surface area contributed by atoms with Crippen molar-refractivity contribution in [3.63, 3.8) is 0 Å². The van der Waals surface area contributed by atoms with Crippen LogP contribution in [0.15, 0.2) is 5.16 Å². The van der Waals surface area contributed by atoms with Gasteiger partial charge < -0.3 is 13.6 Å². The van der Waals surface area contributed by atoms with Crippen LogP contribution < -0.4 is 0 Å². The van der Waals surface area contributed by atoms with Gasteiger partial charge in [0.25, 0.3) is 8.32 Å². The van der Waals surface area contributed by atoms with E-state index in [1.807, 2.05) is 0 Å². The first-order valence-electron chi connectivity index (χ1n) is 5.45. The van der Waals surface area contributed by atoms with Crippen molar-refractivity contribution in [1.29, 1.82) is 0 Å². The molecule has 0 radical (unpaired) electrons. The summed E-state index contributed by atoms with van der Waals surface area (Å²) in [6.45, 7) is 12.0. The van der Waals surface area contributed by atoms with Gasteiger partial charge in [0.15, 0.2) is 5.45 Å². The van der Waals surface area contributed by atoms with Crippen molar-refractivity contribution in [2.75, 3.05) is 14.2 Å². The molecule has 0 amide bonds. The molecule has 0 aromatic rings. The summed E-state index contributed by atoms with van der Waals surface area (Å²) in [5, 5.41) is 3.98. The lowest BCUT2D eigenvalue weighted by Crippen LogP contribution is -2.39. The summed E-state index contributed by atoms with van der Waals surface area (Å²) in [4.78, 5) is 0. The van der Waals surface area contributed by atoms with E-state index >= 15 is 0 Å². The van der Waals surface area contributed by atoms with E-state index in [1.54, 1.807) is 6.92 Å². The second kappa shape index (κ2) is 5.65. The van der Waals surface area contributed by atoms with Crippen LogP contribution in [0.1, 0.15) is 27.7 Å². The molecule has 0 fully saturated rings. The monoisotopic (exact) mass is 281 g/mol. The molecule has 0 aliphatic carbocycles. The highest BCUT2D eigenvalue weighted by Crippen LogP contribution is 2.48. The molecule has 0 N–H and O–H groups in total. The van der Waals surface area contributed by atoms with Crippen LogP contribution in [0.5, 0.6) is 0 Å². The third-order valence-corrected chi connectivity index (χ3v) is 9.09. The number of hydrogen-bond acceptors (Lipinski definition) is 5. The first-order chi connectivity index (χ1) is 7.50. The number of hydrogen-bond donors (Lipinski definition) is 0. The van der Waals surface area contributed by atoms with E-state index in [2.05, 4.69) is 39.0 Å². The van der Waals surface area contributed by atoms with Gasteiger partial charge in [0, 0.05) is 14.2 Å². The van der Waals surface area contributed by atoms with Gasteiger partial charge in [-0.15, -0.1) is 0 Å². The van der Waals surface area contributed by atoms with Crippen LogP contribution in [0.4, 0.5) is 0 Å². The highest BCUT2D eigenvalue weighted by molar-refractivity contribution is 7.72. The van der Waals surface area contributed by atoms with Gasteiger partial charge in [-0.25, -0.2) is 0 Å². The summed E-state index contributed by atoms with van der Waals surface area (Å²) < 4.78 is 27.3. The minimum absolute atomic E-state index is 0.0426. The lowest BCUT2D eigenvalue weighted by atomic mass is 10.2. The molecular formula is C10H24NO4PSi. The van der Waals surface area contributed by atoms with Crippen LogP contribution in [0.3, 0.4) is 0 Å². The Labute approximate surface area is 105 Å². The zero-order valence-electron chi connectivity index (χ0n) is 12.0. The summed E-state index contributed by atoms with van der Waals surface area (Å²) in [6.07, 6.45) is 0. The molecule has 0 bridgehead atoms. The molecule has 0 saturated heterocycles. The summed E-state index contributed by atoms with van der Waals surface area (Å²) in [5.74, 6) is 0. The van der Waals surface area contributed by atoms with Gasteiger partial charge in [0.1, 0.15) is 0 Å². The van der Waals surface area contributed by atoms with Crippen molar-refractivity contribution in [2.24, 2.45) is 5.16 Å². The van der Waals surface area contributed by atoms with Gasteiger partial charge in [0.2, 0.25) is 0 Å². The lowest BCUT2D eigenvalue weighted by Gasteiger charge is -2.33. The predicted molar refractivity (Wildman–Crippen MR) is 73.0 cm³/mol. The molecule has 0 rings (SSSR count). The molecule has 0 atom stereocenters. The van der Waals surface area contributed by atoms with Crippen molar-refractivity contribution in [3.8, 4) is 0 Å². The van der Waals surface area contributed by atoms with Crippen molar-refractivity contribution in [1.82, 2.24) is 0 Å². The Bertz CT molecular complexity index is 328. The average Bonchev–Trinajstić information content (AvgIpc) is 2.23. The Hall–Kier alpha value is -0.163. The normalized spacial score (nSPS) is 14.9. The maximum absolute atomic E-state index is 12.0. The Morgan fingerprint density at radius 1 is 1.18 bits per heavy atom. The summed E-state index contributed by atoms with van der Waals surface area (Å²) in [5.41, 5.74) is 0.243. The maximum Gasteiger partial charge on any atom is 0.377 e. The van der Waals surface area contributed by atoms with Crippen LogP contribution in [-0.4, -0.2) is 28.0 Å². The van der Waals surface area contributed by atoms with Crippen LogP contribution >= 0.6 is 7.60 Å². The molecular weight excluding hydrogens is 257 g/mol. The van der Waals surface area contributed by atoms with Crippen molar-refractivity contribution in [3.05, 3.63) is 0 Å². The van der Waals surface area contributed by atoms with E-state index in [9.17, 15) is 4.57 Å². The summed E-state index contributed by atoms with van der Waals surface area (Å²) in [6, 6.07) is 0. The minimum atomic E-state index is -3.26. The molecule has 17 heavy (non-hydrogen) atoms. The first-order valence-corrected chi connectivity index (χ1v) is 9.90. The van der Waals surface area contributed by atoms with E-state index in [-0.39, 0.29) is 10.5 Å². The summed E-state index contributed by atoms with van der Waals surface area (Å²) >= 11 is 0. The van der Waals surface area contributed by atoms with E-state index in [1.165, 1.54) is 14.2 Å². The highest BCUT2D eigenvalue weighted by Gasteiger charge is 2.40. The maximum atomic E-state index is 12.0. The van der Waals surface area contributed by atoms with E-state index in [0.29, 0.717) is 0 Å². The quantitative estimate of drug-likeness (QED) is 0.332. The van der Waals surface area contributed by atoms with E-state index in [4.69, 9.17) is 13.6 Å². The average molecular weight is 281 g/mol. The molecule has 0 aliphatic rings. The molecule has 0 aromatic carbocycles. The molecule has 0 unspecified atom stereocenters. The molecule has 7 heteroatoms. The first kappa shape index (κ1) is 16.8. The topological polar surface area (TPSA) is 57.1 Å². The Morgan fingerprint density at radius 3 is 1.88 bits per heavy atom. The standard InChI is InChI=1S/C10H24NO4PSi/c1-9(16(12,13-5)14-6)11-15-17(7,8)10(2,3)4/h1-8H3/b11-9+. The summed E-state index contributed by atoms with van der Waals surface area (Å²) in [7, 11) is -2.60. The molecule has 102 valence electrons. The molecule has 5 nitrogen and oxygen atoms in total. The van der Waals surface area contributed by atoms with Crippen molar-refractivity contribution < 1.29 is 18.1 Å². The Kier molecular flexibility index (Phi) is 5.60. The zero-order valence-corrected chi connectivity index (χ0v) is 13.9.